The van der Waals surface area contributed by atoms with Crippen molar-refractivity contribution in [1.29, 1.82) is 0 Å². The standard InChI is InChI=1S/C13H17N3O4S/c1-20-8-7-16-12(9-17)14-15-13(16)10-3-5-11(6-4-10)21(2,18)19/h3-6,17H,7-9H2,1-2H3. The van der Waals surface area contributed by atoms with E-state index in [1.165, 1.54) is 12.1 Å². The topological polar surface area (TPSA) is 94.3 Å². The smallest absolute Gasteiger partial charge is 0.175 e. The predicted molar refractivity (Wildman–Crippen MR) is 76.4 cm³/mol. The van der Waals surface area contributed by atoms with E-state index in [0.717, 1.165) is 11.8 Å². The summed E-state index contributed by atoms with van der Waals surface area (Å²) in [6.45, 7) is 0.736. The van der Waals surface area contributed by atoms with Crippen LogP contribution in [0, 0.1) is 0 Å². The van der Waals surface area contributed by atoms with Gasteiger partial charge in [-0.3, -0.25) is 0 Å². The fraction of sp³-hybridized carbons (Fsp3) is 0.385. The summed E-state index contributed by atoms with van der Waals surface area (Å²) < 4.78 is 29.7. The number of aliphatic hydroxyl groups is 1. The summed E-state index contributed by atoms with van der Waals surface area (Å²) in [6.07, 6.45) is 1.16. The Labute approximate surface area is 123 Å². The lowest BCUT2D eigenvalue weighted by atomic mass is 10.2. The van der Waals surface area contributed by atoms with Crippen LogP contribution in [-0.2, 0) is 27.7 Å². The average molecular weight is 311 g/mol. The Morgan fingerprint density at radius 3 is 2.43 bits per heavy atom. The van der Waals surface area contributed by atoms with Crippen LogP contribution >= 0.6 is 0 Å². The van der Waals surface area contributed by atoms with Crippen molar-refractivity contribution in [2.45, 2.75) is 18.0 Å². The van der Waals surface area contributed by atoms with Gasteiger partial charge in [0, 0.05) is 25.5 Å². The summed E-state index contributed by atoms with van der Waals surface area (Å²) in [7, 11) is -1.64. The summed E-state index contributed by atoms with van der Waals surface area (Å²) in [5.74, 6) is 1.00. The van der Waals surface area contributed by atoms with E-state index in [9.17, 15) is 13.5 Å². The predicted octanol–water partition coefficient (Wildman–Crippen LogP) is 0.487. The average Bonchev–Trinajstić information content (AvgIpc) is 2.87. The molecule has 0 radical (unpaired) electrons. The molecule has 0 saturated carbocycles. The second-order valence-electron chi connectivity index (χ2n) is 4.54. The third-order valence-electron chi connectivity index (χ3n) is 3.03. The second-order valence-corrected chi connectivity index (χ2v) is 6.55. The number of sulfone groups is 1. The Balaban J connectivity index is 2.39. The van der Waals surface area contributed by atoms with Crippen molar-refractivity contribution in [3.63, 3.8) is 0 Å². The molecular weight excluding hydrogens is 294 g/mol. The Kier molecular flexibility index (Phi) is 4.71. The molecule has 21 heavy (non-hydrogen) atoms. The van der Waals surface area contributed by atoms with E-state index in [1.807, 2.05) is 0 Å². The van der Waals surface area contributed by atoms with E-state index in [4.69, 9.17) is 4.74 Å². The number of methoxy groups -OCH3 is 1. The van der Waals surface area contributed by atoms with Crippen LogP contribution in [0.25, 0.3) is 11.4 Å². The molecule has 0 amide bonds. The maximum atomic E-state index is 11.5. The molecule has 2 aromatic rings. The molecule has 0 fully saturated rings. The minimum absolute atomic E-state index is 0.224. The Bertz CT molecular complexity index is 708. The number of hydrogen-bond acceptors (Lipinski definition) is 6. The van der Waals surface area contributed by atoms with Gasteiger partial charge in [-0.25, -0.2) is 8.42 Å². The van der Waals surface area contributed by atoms with E-state index >= 15 is 0 Å². The molecular formula is C13H17N3O4S. The summed E-state index contributed by atoms with van der Waals surface area (Å²) in [5.41, 5.74) is 0.728. The normalized spacial score (nSPS) is 11.8. The molecule has 2 rings (SSSR count). The summed E-state index contributed by atoms with van der Waals surface area (Å²) in [6, 6.07) is 6.40. The van der Waals surface area contributed by atoms with Crippen LogP contribution in [0.5, 0.6) is 0 Å². The van der Waals surface area contributed by atoms with Crippen molar-refractivity contribution in [3.8, 4) is 11.4 Å². The first kappa shape index (κ1) is 15.6. The molecule has 114 valence electrons. The first-order valence-electron chi connectivity index (χ1n) is 6.29. The molecule has 8 heteroatoms. The van der Waals surface area contributed by atoms with Crippen molar-refractivity contribution in [3.05, 3.63) is 30.1 Å². The van der Waals surface area contributed by atoms with Crippen LogP contribution in [0.2, 0.25) is 0 Å². The highest BCUT2D eigenvalue weighted by Crippen LogP contribution is 2.20. The van der Waals surface area contributed by atoms with Gasteiger partial charge in [-0.15, -0.1) is 10.2 Å². The van der Waals surface area contributed by atoms with Crippen molar-refractivity contribution in [2.75, 3.05) is 20.0 Å². The van der Waals surface area contributed by atoms with Crippen LogP contribution in [0.4, 0.5) is 0 Å². The maximum absolute atomic E-state index is 11.5. The van der Waals surface area contributed by atoms with Gasteiger partial charge in [0.15, 0.2) is 21.5 Å². The van der Waals surface area contributed by atoms with Gasteiger partial charge in [0.25, 0.3) is 0 Å². The zero-order chi connectivity index (χ0) is 15.5. The summed E-state index contributed by atoms with van der Waals surface area (Å²) in [4.78, 5) is 0.247. The lowest BCUT2D eigenvalue weighted by Gasteiger charge is -2.09. The minimum Gasteiger partial charge on any atom is -0.388 e. The van der Waals surface area contributed by atoms with E-state index < -0.39 is 9.84 Å². The summed E-state index contributed by atoms with van der Waals surface area (Å²) >= 11 is 0. The number of nitrogens with zero attached hydrogens (tertiary/aromatic N) is 3. The third kappa shape index (κ3) is 3.46. The monoisotopic (exact) mass is 311 g/mol. The maximum Gasteiger partial charge on any atom is 0.175 e. The van der Waals surface area contributed by atoms with Crippen LogP contribution in [0.3, 0.4) is 0 Å². The van der Waals surface area contributed by atoms with Gasteiger partial charge in [0.2, 0.25) is 0 Å². The Morgan fingerprint density at radius 2 is 1.90 bits per heavy atom. The first-order valence-corrected chi connectivity index (χ1v) is 8.19. The minimum atomic E-state index is -3.23. The molecule has 0 spiro atoms. The van der Waals surface area contributed by atoms with Gasteiger partial charge >= 0.3 is 0 Å². The molecule has 0 saturated heterocycles. The number of rotatable bonds is 6. The molecule has 1 aromatic heterocycles. The zero-order valence-electron chi connectivity index (χ0n) is 11.9. The molecule has 0 atom stereocenters. The van der Waals surface area contributed by atoms with Gasteiger partial charge in [0.1, 0.15) is 6.61 Å². The lowest BCUT2D eigenvalue weighted by Crippen LogP contribution is -2.10. The Hall–Kier alpha value is -1.77. The van der Waals surface area contributed by atoms with Crippen molar-refractivity contribution >= 4 is 9.84 Å². The highest BCUT2D eigenvalue weighted by Gasteiger charge is 2.14. The Morgan fingerprint density at radius 1 is 1.24 bits per heavy atom. The fourth-order valence-corrected chi connectivity index (χ4v) is 2.57. The number of aromatic nitrogens is 3. The van der Waals surface area contributed by atoms with E-state index in [1.54, 1.807) is 23.8 Å². The quantitative estimate of drug-likeness (QED) is 0.834. The first-order chi connectivity index (χ1) is 9.97. The highest BCUT2D eigenvalue weighted by atomic mass is 32.2. The molecule has 1 aromatic carbocycles. The molecule has 1 N–H and O–H groups in total. The summed E-state index contributed by atoms with van der Waals surface area (Å²) in [5, 5.41) is 17.3. The van der Waals surface area contributed by atoms with Crippen LogP contribution in [-0.4, -0.2) is 48.3 Å². The molecule has 0 aliphatic heterocycles. The molecule has 7 nitrogen and oxygen atoms in total. The number of aliphatic hydroxyl groups excluding tert-OH is 1. The molecule has 0 bridgehead atoms. The van der Waals surface area contributed by atoms with Gasteiger partial charge < -0.3 is 14.4 Å². The van der Waals surface area contributed by atoms with E-state index in [2.05, 4.69) is 10.2 Å². The fourth-order valence-electron chi connectivity index (χ4n) is 1.93. The van der Waals surface area contributed by atoms with E-state index in [-0.39, 0.29) is 11.5 Å². The number of ether oxygens (including phenoxy) is 1. The van der Waals surface area contributed by atoms with Crippen LogP contribution < -0.4 is 0 Å². The second kappa shape index (κ2) is 6.33. The lowest BCUT2D eigenvalue weighted by molar-refractivity contribution is 0.183. The van der Waals surface area contributed by atoms with Gasteiger partial charge in [-0.1, -0.05) is 0 Å². The SMILES string of the molecule is COCCn1c(CO)nnc1-c1ccc(S(C)(=O)=O)cc1. The van der Waals surface area contributed by atoms with Crippen molar-refractivity contribution in [1.82, 2.24) is 14.8 Å². The molecule has 0 aliphatic carbocycles. The van der Waals surface area contributed by atoms with Crippen LogP contribution in [0.15, 0.2) is 29.2 Å². The third-order valence-corrected chi connectivity index (χ3v) is 4.16. The molecule has 1 heterocycles. The highest BCUT2D eigenvalue weighted by molar-refractivity contribution is 7.90. The van der Waals surface area contributed by atoms with Crippen LogP contribution in [0.1, 0.15) is 5.82 Å². The van der Waals surface area contributed by atoms with Crippen molar-refractivity contribution < 1.29 is 18.3 Å². The van der Waals surface area contributed by atoms with Gasteiger partial charge in [0.05, 0.1) is 11.5 Å². The largest absolute Gasteiger partial charge is 0.388 e. The van der Waals surface area contributed by atoms with Gasteiger partial charge in [-0.2, -0.15) is 0 Å². The number of benzene rings is 1. The number of hydrogen-bond donors (Lipinski definition) is 1. The van der Waals surface area contributed by atoms with E-state index in [0.29, 0.717) is 24.8 Å². The van der Waals surface area contributed by atoms with Gasteiger partial charge in [-0.05, 0) is 24.3 Å². The zero-order valence-corrected chi connectivity index (χ0v) is 12.7. The molecule has 0 unspecified atom stereocenters. The molecule has 0 aliphatic rings. The van der Waals surface area contributed by atoms with Crippen molar-refractivity contribution in [2.24, 2.45) is 0 Å².